The molecule has 1 aliphatic heterocycles. The Morgan fingerprint density at radius 1 is 1.50 bits per heavy atom. The van der Waals surface area contributed by atoms with E-state index < -0.39 is 0 Å². The van der Waals surface area contributed by atoms with E-state index in [1.807, 2.05) is 4.90 Å². The average Bonchev–Trinajstić information content (AvgIpc) is 2.25. The Morgan fingerprint density at radius 2 is 2.25 bits per heavy atom. The van der Waals surface area contributed by atoms with Gasteiger partial charge in [0, 0.05) is 38.4 Å². The first-order valence-corrected chi connectivity index (χ1v) is 6.27. The smallest absolute Gasteiger partial charge is 0.222 e. The van der Waals surface area contributed by atoms with Gasteiger partial charge in [0.1, 0.15) is 0 Å². The number of nitrogens with one attached hydrogen (secondary N) is 1. The monoisotopic (exact) mass is 246 g/mol. The first kappa shape index (κ1) is 13.3. The summed E-state index contributed by atoms with van der Waals surface area (Å²) in [5.41, 5.74) is 0. The highest BCUT2D eigenvalue weighted by Gasteiger charge is 2.23. The van der Waals surface area contributed by atoms with Crippen LogP contribution in [-0.4, -0.2) is 41.7 Å². The van der Waals surface area contributed by atoms with Crippen LogP contribution in [0.2, 0.25) is 0 Å². The first-order chi connectivity index (χ1) is 7.63. The molecule has 0 bridgehead atoms. The van der Waals surface area contributed by atoms with Crippen molar-refractivity contribution in [1.29, 1.82) is 0 Å². The minimum absolute atomic E-state index is 0.0277. The molecule has 1 unspecified atom stereocenters. The number of carbonyl (C=O) groups excluding carboxylic acids is 2. The van der Waals surface area contributed by atoms with Gasteiger partial charge in [0.05, 0.1) is 0 Å². The summed E-state index contributed by atoms with van der Waals surface area (Å²) >= 11 is 5.55. The molecule has 0 aromatic carbocycles. The molecule has 0 radical (unpaired) electrons. The van der Waals surface area contributed by atoms with Crippen LogP contribution in [-0.2, 0) is 9.59 Å². The van der Waals surface area contributed by atoms with Crippen LogP contribution >= 0.6 is 11.6 Å². The van der Waals surface area contributed by atoms with Gasteiger partial charge in [0.25, 0.3) is 0 Å². The zero-order chi connectivity index (χ0) is 12.0. The molecule has 5 heteroatoms. The number of halogens is 1. The molecule has 1 atom stereocenters. The van der Waals surface area contributed by atoms with Crippen molar-refractivity contribution in [3.8, 4) is 0 Å². The van der Waals surface area contributed by atoms with Gasteiger partial charge in [-0.3, -0.25) is 9.59 Å². The largest absolute Gasteiger partial charge is 0.352 e. The fourth-order valence-electron chi connectivity index (χ4n) is 1.99. The van der Waals surface area contributed by atoms with E-state index in [2.05, 4.69) is 5.32 Å². The second-order valence-electron chi connectivity index (χ2n) is 4.17. The van der Waals surface area contributed by atoms with Gasteiger partial charge < -0.3 is 10.2 Å². The van der Waals surface area contributed by atoms with Crippen molar-refractivity contribution in [3.05, 3.63) is 0 Å². The van der Waals surface area contributed by atoms with Crippen molar-refractivity contribution in [2.45, 2.75) is 38.6 Å². The fourth-order valence-corrected chi connectivity index (χ4v) is 2.12. The second-order valence-corrected chi connectivity index (χ2v) is 4.55. The maximum atomic E-state index is 11.7. The molecule has 1 N–H and O–H groups in total. The van der Waals surface area contributed by atoms with E-state index >= 15 is 0 Å². The van der Waals surface area contributed by atoms with Gasteiger partial charge in [-0.15, -0.1) is 11.6 Å². The summed E-state index contributed by atoms with van der Waals surface area (Å²) in [6, 6.07) is 0.117. The number of amides is 2. The van der Waals surface area contributed by atoms with E-state index in [0.29, 0.717) is 18.8 Å². The molecule has 0 aliphatic carbocycles. The van der Waals surface area contributed by atoms with Crippen LogP contribution in [0.1, 0.15) is 32.6 Å². The summed E-state index contributed by atoms with van der Waals surface area (Å²) in [6.07, 6.45) is 3.15. The number of rotatable bonds is 4. The van der Waals surface area contributed by atoms with Crippen LogP contribution in [0.5, 0.6) is 0 Å². The van der Waals surface area contributed by atoms with E-state index in [4.69, 9.17) is 11.6 Å². The Hall–Kier alpha value is -0.770. The lowest BCUT2D eigenvalue weighted by molar-refractivity contribution is -0.133. The molecule has 1 fully saturated rings. The molecule has 0 aromatic heterocycles. The standard InChI is InChI=1S/C11H19ClN2O2/c1-9(15)13-10-4-3-7-14(8-10)11(16)5-2-6-12/h10H,2-8H2,1H3,(H,13,15). The highest BCUT2D eigenvalue weighted by atomic mass is 35.5. The molecule has 2 amide bonds. The van der Waals surface area contributed by atoms with Crippen molar-refractivity contribution in [2.24, 2.45) is 0 Å². The van der Waals surface area contributed by atoms with Crippen LogP contribution in [0.25, 0.3) is 0 Å². The topological polar surface area (TPSA) is 49.4 Å². The number of hydrogen-bond donors (Lipinski definition) is 1. The van der Waals surface area contributed by atoms with Crippen LogP contribution < -0.4 is 5.32 Å². The molecular weight excluding hydrogens is 228 g/mol. The lowest BCUT2D eigenvalue weighted by Gasteiger charge is -2.33. The fraction of sp³-hybridized carbons (Fsp3) is 0.818. The summed E-state index contributed by atoms with van der Waals surface area (Å²) < 4.78 is 0. The maximum Gasteiger partial charge on any atom is 0.222 e. The van der Waals surface area contributed by atoms with Gasteiger partial charge in [-0.1, -0.05) is 0 Å². The normalized spacial score (nSPS) is 20.6. The Morgan fingerprint density at radius 3 is 2.88 bits per heavy atom. The van der Waals surface area contributed by atoms with Crippen LogP contribution in [0.3, 0.4) is 0 Å². The van der Waals surface area contributed by atoms with Crippen molar-refractivity contribution < 1.29 is 9.59 Å². The molecule has 0 spiro atoms. The van der Waals surface area contributed by atoms with Crippen molar-refractivity contribution in [1.82, 2.24) is 10.2 Å². The summed E-state index contributed by atoms with van der Waals surface area (Å²) in [7, 11) is 0. The number of likely N-dealkylation sites (tertiary alicyclic amines) is 1. The third-order valence-electron chi connectivity index (χ3n) is 2.71. The van der Waals surface area contributed by atoms with Gasteiger partial charge >= 0.3 is 0 Å². The van der Waals surface area contributed by atoms with Crippen molar-refractivity contribution >= 4 is 23.4 Å². The lowest BCUT2D eigenvalue weighted by Crippen LogP contribution is -2.49. The van der Waals surface area contributed by atoms with Gasteiger partial charge in [-0.05, 0) is 19.3 Å². The molecular formula is C11H19ClN2O2. The number of hydrogen-bond acceptors (Lipinski definition) is 2. The molecule has 16 heavy (non-hydrogen) atoms. The SMILES string of the molecule is CC(=O)NC1CCCN(C(=O)CCCCl)C1. The molecule has 0 aromatic rings. The Labute approximate surface area is 101 Å². The minimum Gasteiger partial charge on any atom is -0.352 e. The van der Waals surface area contributed by atoms with Gasteiger partial charge in [-0.2, -0.15) is 0 Å². The van der Waals surface area contributed by atoms with Crippen LogP contribution in [0.15, 0.2) is 0 Å². The minimum atomic E-state index is -0.0277. The molecule has 1 rings (SSSR count). The Balaban J connectivity index is 2.37. The zero-order valence-electron chi connectivity index (χ0n) is 9.67. The molecule has 4 nitrogen and oxygen atoms in total. The molecule has 0 saturated carbocycles. The van der Waals surface area contributed by atoms with Crippen molar-refractivity contribution in [3.63, 3.8) is 0 Å². The quantitative estimate of drug-likeness (QED) is 0.756. The summed E-state index contributed by atoms with van der Waals surface area (Å²) in [6.45, 7) is 2.95. The second kappa shape index (κ2) is 6.74. The predicted octanol–water partition coefficient (Wildman–Crippen LogP) is 1.13. The van der Waals surface area contributed by atoms with E-state index in [-0.39, 0.29) is 17.9 Å². The number of alkyl halides is 1. The van der Waals surface area contributed by atoms with E-state index in [0.717, 1.165) is 25.8 Å². The van der Waals surface area contributed by atoms with E-state index in [1.54, 1.807) is 0 Å². The summed E-state index contributed by atoms with van der Waals surface area (Å²) in [5, 5.41) is 2.86. The molecule has 1 heterocycles. The third-order valence-corrected chi connectivity index (χ3v) is 2.97. The summed E-state index contributed by atoms with van der Waals surface area (Å²) in [4.78, 5) is 24.5. The van der Waals surface area contributed by atoms with Gasteiger partial charge in [0.15, 0.2) is 0 Å². The van der Waals surface area contributed by atoms with E-state index in [1.165, 1.54) is 6.92 Å². The highest BCUT2D eigenvalue weighted by molar-refractivity contribution is 6.17. The maximum absolute atomic E-state index is 11.7. The summed E-state index contributed by atoms with van der Waals surface area (Å²) in [5.74, 6) is 0.644. The number of nitrogens with zero attached hydrogens (tertiary/aromatic N) is 1. The predicted molar refractivity (Wildman–Crippen MR) is 63.4 cm³/mol. The Bertz CT molecular complexity index is 258. The van der Waals surface area contributed by atoms with Crippen LogP contribution in [0.4, 0.5) is 0 Å². The van der Waals surface area contributed by atoms with Crippen LogP contribution in [0, 0.1) is 0 Å². The number of piperidine rings is 1. The molecule has 1 aliphatic rings. The Kier molecular flexibility index (Phi) is 5.60. The number of carbonyl (C=O) groups is 2. The first-order valence-electron chi connectivity index (χ1n) is 5.74. The zero-order valence-corrected chi connectivity index (χ0v) is 10.4. The third kappa shape index (κ3) is 4.39. The van der Waals surface area contributed by atoms with Crippen molar-refractivity contribution in [2.75, 3.05) is 19.0 Å². The van der Waals surface area contributed by atoms with E-state index in [9.17, 15) is 9.59 Å². The van der Waals surface area contributed by atoms with Gasteiger partial charge in [-0.25, -0.2) is 0 Å². The molecule has 92 valence electrons. The highest BCUT2D eigenvalue weighted by Crippen LogP contribution is 2.12. The van der Waals surface area contributed by atoms with Gasteiger partial charge in [0.2, 0.25) is 11.8 Å². The molecule has 1 saturated heterocycles. The lowest BCUT2D eigenvalue weighted by atomic mass is 10.1. The average molecular weight is 247 g/mol.